The van der Waals surface area contributed by atoms with E-state index in [9.17, 15) is 4.79 Å². The second-order valence-electron chi connectivity index (χ2n) is 4.33. The third-order valence-electron chi connectivity index (χ3n) is 3.10. The Balaban J connectivity index is 2.14. The highest BCUT2D eigenvalue weighted by molar-refractivity contribution is 5.33. The third-order valence-corrected chi connectivity index (χ3v) is 3.10. The monoisotopic (exact) mass is 222 g/mol. The highest BCUT2D eigenvalue weighted by atomic mass is 16.1. The minimum Gasteiger partial charge on any atom is -0.361 e. The Hall–Kier alpha value is -1.36. The summed E-state index contributed by atoms with van der Waals surface area (Å²) in [5, 5.41) is 6.62. The molecule has 0 aromatic carbocycles. The van der Waals surface area contributed by atoms with E-state index in [1.807, 2.05) is 0 Å². The zero-order valence-electron chi connectivity index (χ0n) is 9.73. The molecule has 1 aliphatic heterocycles. The van der Waals surface area contributed by atoms with Crippen LogP contribution < -0.4 is 16.2 Å². The van der Waals surface area contributed by atoms with Crippen LogP contribution in [-0.4, -0.2) is 28.2 Å². The number of anilines is 1. The molecule has 0 aliphatic carbocycles. The van der Waals surface area contributed by atoms with Gasteiger partial charge in [-0.3, -0.25) is 4.79 Å². The van der Waals surface area contributed by atoms with Crippen molar-refractivity contribution in [3.05, 3.63) is 22.7 Å². The first-order chi connectivity index (χ1) is 7.68. The van der Waals surface area contributed by atoms with E-state index in [2.05, 4.69) is 22.5 Å². The van der Waals surface area contributed by atoms with Crippen molar-refractivity contribution in [3.63, 3.8) is 0 Å². The number of aromatic nitrogens is 2. The van der Waals surface area contributed by atoms with E-state index in [1.54, 1.807) is 19.4 Å². The van der Waals surface area contributed by atoms with Gasteiger partial charge in [-0.15, -0.1) is 0 Å². The van der Waals surface area contributed by atoms with Crippen LogP contribution in [0.1, 0.15) is 19.8 Å². The van der Waals surface area contributed by atoms with Gasteiger partial charge in [0.2, 0.25) is 0 Å². The van der Waals surface area contributed by atoms with Gasteiger partial charge in [0.1, 0.15) is 0 Å². The zero-order valence-corrected chi connectivity index (χ0v) is 9.73. The lowest BCUT2D eigenvalue weighted by Gasteiger charge is -2.30. The maximum atomic E-state index is 11.8. The number of nitrogens with zero attached hydrogens (tertiary/aromatic N) is 2. The van der Waals surface area contributed by atoms with Crippen molar-refractivity contribution in [2.45, 2.75) is 31.8 Å². The van der Waals surface area contributed by atoms with Gasteiger partial charge in [-0.2, -0.15) is 0 Å². The molecule has 1 aromatic rings. The highest BCUT2D eigenvalue weighted by Gasteiger charge is 2.21. The molecular weight excluding hydrogens is 204 g/mol. The van der Waals surface area contributed by atoms with Crippen LogP contribution in [0.4, 0.5) is 5.82 Å². The largest absolute Gasteiger partial charge is 0.361 e. The average Bonchev–Trinajstić information content (AvgIpc) is 2.28. The Morgan fingerprint density at radius 1 is 1.62 bits per heavy atom. The smallest absolute Gasteiger partial charge is 0.293 e. The Morgan fingerprint density at radius 3 is 3.19 bits per heavy atom. The number of hydrogen-bond donors (Lipinski definition) is 2. The lowest BCUT2D eigenvalue weighted by atomic mass is 10.00. The summed E-state index contributed by atoms with van der Waals surface area (Å²) in [5.74, 6) is 0.450. The van der Waals surface area contributed by atoms with Gasteiger partial charge in [0.15, 0.2) is 5.82 Å². The number of hydrogen-bond acceptors (Lipinski definition) is 4. The van der Waals surface area contributed by atoms with E-state index < -0.39 is 0 Å². The van der Waals surface area contributed by atoms with Crippen LogP contribution in [0.3, 0.4) is 0 Å². The standard InChI is InChI=1S/C11H18N4O/c1-8-9(4-3-5-12-8)14-10-11(16)15(2)7-6-13-10/h6-9,12H,3-5H2,1-2H3,(H,13,14). The fourth-order valence-electron chi connectivity index (χ4n) is 2.01. The van der Waals surface area contributed by atoms with Gasteiger partial charge in [0.05, 0.1) is 0 Å². The van der Waals surface area contributed by atoms with Crippen molar-refractivity contribution in [2.75, 3.05) is 11.9 Å². The van der Waals surface area contributed by atoms with Gasteiger partial charge in [-0.05, 0) is 26.3 Å². The summed E-state index contributed by atoms with van der Waals surface area (Å²) in [6.07, 6.45) is 5.52. The molecule has 1 fully saturated rings. The maximum Gasteiger partial charge on any atom is 0.293 e. The quantitative estimate of drug-likeness (QED) is 0.757. The van der Waals surface area contributed by atoms with E-state index in [1.165, 1.54) is 4.57 Å². The molecule has 2 heterocycles. The van der Waals surface area contributed by atoms with Gasteiger partial charge < -0.3 is 15.2 Å². The lowest BCUT2D eigenvalue weighted by Crippen LogP contribution is -2.47. The zero-order chi connectivity index (χ0) is 11.5. The topological polar surface area (TPSA) is 59.0 Å². The molecule has 16 heavy (non-hydrogen) atoms. The predicted molar refractivity (Wildman–Crippen MR) is 63.6 cm³/mol. The minimum atomic E-state index is -0.0692. The molecule has 2 N–H and O–H groups in total. The van der Waals surface area contributed by atoms with E-state index in [0.29, 0.717) is 11.9 Å². The molecule has 2 unspecified atom stereocenters. The van der Waals surface area contributed by atoms with Gasteiger partial charge in [0.25, 0.3) is 5.56 Å². The summed E-state index contributed by atoms with van der Waals surface area (Å²) in [5.41, 5.74) is -0.0692. The van der Waals surface area contributed by atoms with Crippen molar-refractivity contribution in [3.8, 4) is 0 Å². The molecule has 0 amide bonds. The Kier molecular flexibility index (Phi) is 3.24. The fourth-order valence-corrected chi connectivity index (χ4v) is 2.01. The van der Waals surface area contributed by atoms with Crippen LogP contribution in [0.5, 0.6) is 0 Å². The van der Waals surface area contributed by atoms with Crippen molar-refractivity contribution in [2.24, 2.45) is 7.05 Å². The molecule has 1 saturated heterocycles. The van der Waals surface area contributed by atoms with E-state index in [4.69, 9.17) is 0 Å². The van der Waals surface area contributed by atoms with E-state index >= 15 is 0 Å². The number of piperidine rings is 1. The molecular formula is C11H18N4O. The summed E-state index contributed by atoms with van der Waals surface area (Å²) in [4.78, 5) is 15.9. The summed E-state index contributed by atoms with van der Waals surface area (Å²) < 4.78 is 1.54. The third kappa shape index (κ3) is 2.24. The van der Waals surface area contributed by atoms with Crippen molar-refractivity contribution in [1.29, 1.82) is 0 Å². The summed E-state index contributed by atoms with van der Waals surface area (Å²) in [6, 6.07) is 0.664. The molecule has 1 aromatic heterocycles. The summed E-state index contributed by atoms with van der Waals surface area (Å²) in [7, 11) is 1.73. The molecule has 1 aliphatic rings. The molecule has 0 bridgehead atoms. The van der Waals surface area contributed by atoms with Crippen molar-refractivity contribution < 1.29 is 0 Å². The van der Waals surface area contributed by atoms with Gasteiger partial charge >= 0.3 is 0 Å². The van der Waals surface area contributed by atoms with Gasteiger partial charge in [-0.1, -0.05) is 0 Å². The predicted octanol–water partition coefficient (Wildman–Crippen LogP) is 0.333. The van der Waals surface area contributed by atoms with Crippen LogP contribution in [0.15, 0.2) is 17.2 Å². The first-order valence-electron chi connectivity index (χ1n) is 5.70. The number of rotatable bonds is 2. The maximum absolute atomic E-state index is 11.8. The van der Waals surface area contributed by atoms with Crippen LogP contribution in [0.25, 0.3) is 0 Å². The molecule has 0 spiro atoms. The Labute approximate surface area is 94.9 Å². The van der Waals surface area contributed by atoms with Gasteiger partial charge in [-0.25, -0.2) is 4.98 Å². The SMILES string of the molecule is CC1NCCCC1Nc1nccn(C)c1=O. The highest BCUT2D eigenvalue weighted by Crippen LogP contribution is 2.11. The number of nitrogens with one attached hydrogen (secondary N) is 2. The Bertz CT molecular complexity index is 415. The molecule has 2 atom stereocenters. The van der Waals surface area contributed by atoms with Crippen molar-refractivity contribution in [1.82, 2.24) is 14.9 Å². The second-order valence-corrected chi connectivity index (χ2v) is 4.33. The second kappa shape index (κ2) is 4.65. The molecule has 0 saturated carbocycles. The molecule has 5 heteroatoms. The molecule has 88 valence electrons. The number of aryl methyl sites for hydroxylation is 1. The van der Waals surface area contributed by atoms with Crippen LogP contribution in [0, 0.1) is 0 Å². The summed E-state index contributed by atoms with van der Waals surface area (Å²) in [6.45, 7) is 3.18. The minimum absolute atomic E-state index is 0.0692. The molecule has 0 radical (unpaired) electrons. The van der Waals surface area contributed by atoms with Gasteiger partial charge in [0, 0.05) is 31.5 Å². The average molecular weight is 222 g/mol. The van der Waals surface area contributed by atoms with E-state index in [-0.39, 0.29) is 11.6 Å². The lowest BCUT2D eigenvalue weighted by molar-refractivity contribution is 0.388. The first-order valence-corrected chi connectivity index (χ1v) is 5.70. The van der Waals surface area contributed by atoms with E-state index in [0.717, 1.165) is 19.4 Å². The Morgan fingerprint density at radius 2 is 2.44 bits per heavy atom. The van der Waals surface area contributed by atoms with Crippen LogP contribution in [0.2, 0.25) is 0 Å². The summed E-state index contributed by atoms with van der Waals surface area (Å²) >= 11 is 0. The van der Waals surface area contributed by atoms with Crippen molar-refractivity contribution >= 4 is 5.82 Å². The fraction of sp³-hybridized carbons (Fsp3) is 0.636. The molecule has 5 nitrogen and oxygen atoms in total. The van der Waals surface area contributed by atoms with Crippen LogP contribution >= 0.6 is 0 Å². The van der Waals surface area contributed by atoms with Crippen LogP contribution in [-0.2, 0) is 7.05 Å². The normalized spacial score (nSPS) is 25.4. The first kappa shape index (κ1) is 11.1. The molecule has 2 rings (SSSR count).